The van der Waals surface area contributed by atoms with Crippen LogP contribution in [0.2, 0.25) is 10.0 Å². The van der Waals surface area contributed by atoms with E-state index in [9.17, 15) is 0 Å². The van der Waals surface area contributed by atoms with Crippen LogP contribution in [0.3, 0.4) is 0 Å². The number of nitrogens with zero attached hydrogens (tertiary/aromatic N) is 1. The average molecular weight is 475 g/mol. The van der Waals surface area contributed by atoms with Gasteiger partial charge in [0.1, 0.15) is 0 Å². The Morgan fingerprint density at radius 1 is 1.07 bits per heavy atom. The Kier molecular flexibility index (Phi) is 7.28. The van der Waals surface area contributed by atoms with Crippen molar-refractivity contribution in [2.24, 2.45) is 0 Å². The molecule has 0 bridgehead atoms. The molecular weight excluding hydrogens is 450 g/mol. The highest BCUT2D eigenvalue weighted by Gasteiger charge is 2.27. The maximum Gasteiger partial charge on any atom is 0.0468 e. The van der Waals surface area contributed by atoms with Crippen LogP contribution in [0.4, 0.5) is 5.69 Å². The Hall–Kier alpha value is -1.22. The summed E-state index contributed by atoms with van der Waals surface area (Å²) in [5.74, 6) is 0.272. The van der Waals surface area contributed by atoms with E-state index in [-0.39, 0.29) is 5.92 Å². The van der Waals surface area contributed by atoms with Crippen LogP contribution in [0.1, 0.15) is 28.2 Å². The zero-order valence-electron chi connectivity index (χ0n) is 17.1. The number of hydrogen-bond acceptors (Lipinski definition) is 3. The first-order chi connectivity index (χ1) is 14.5. The first-order valence-corrected chi connectivity index (χ1v) is 13.2. The lowest BCUT2D eigenvalue weighted by Crippen LogP contribution is -2.31. The van der Waals surface area contributed by atoms with Gasteiger partial charge in [-0.1, -0.05) is 47.5 Å². The van der Waals surface area contributed by atoms with Gasteiger partial charge in [0.15, 0.2) is 0 Å². The molecule has 1 aliphatic heterocycles. The van der Waals surface area contributed by atoms with Gasteiger partial charge in [-0.2, -0.15) is 0 Å². The van der Waals surface area contributed by atoms with Crippen LogP contribution in [0, 0.1) is 0 Å². The summed E-state index contributed by atoms with van der Waals surface area (Å²) in [7, 11) is 3.09. The summed E-state index contributed by atoms with van der Waals surface area (Å²) in [6.45, 7) is 4.05. The number of hydrogen-bond donors (Lipinski definition) is 1. The van der Waals surface area contributed by atoms with Crippen molar-refractivity contribution in [2.45, 2.75) is 23.5 Å². The molecule has 4 rings (SSSR count). The van der Waals surface area contributed by atoms with Gasteiger partial charge in [-0.25, -0.2) is 0 Å². The molecule has 3 aromatic carbocycles. The third-order valence-corrected chi connectivity index (χ3v) is 7.56. The van der Waals surface area contributed by atoms with E-state index in [0.29, 0.717) is 5.02 Å². The van der Waals surface area contributed by atoms with Crippen molar-refractivity contribution in [2.75, 3.05) is 25.0 Å². The molecule has 0 spiro atoms. The van der Waals surface area contributed by atoms with Gasteiger partial charge >= 0.3 is 0 Å². The molecule has 30 heavy (non-hydrogen) atoms. The van der Waals surface area contributed by atoms with E-state index in [2.05, 4.69) is 77.9 Å². The Bertz CT molecular complexity index is 1010. The van der Waals surface area contributed by atoms with Crippen molar-refractivity contribution < 1.29 is 0 Å². The van der Waals surface area contributed by atoms with E-state index in [0.717, 1.165) is 38.5 Å². The topological polar surface area (TPSA) is 15.3 Å². The number of anilines is 1. The SMILES string of the molecule is CPCc1ccc(NSc2ccc(C3CN(C)Cc4c(Cl)cc(Cl)cc43)cc2)cc1. The highest BCUT2D eigenvalue weighted by atomic mass is 35.5. The number of nitrogens with one attached hydrogen (secondary N) is 1. The highest BCUT2D eigenvalue weighted by Crippen LogP contribution is 2.38. The number of benzene rings is 3. The van der Waals surface area contributed by atoms with Crippen LogP contribution in [0.15, 0.2) is 65.6 Å². The van der Waals surface area contributed by atoms with Gasteiger partial charge in [-0.3, -0.25) is 0 Å². The van der Waals surface area contributed by atoms with Crippen LogP contribution < -0.4 is 4.72 Å². The molecule has 2 nitrogen and oxygen atoms in total. The van der Waals surface area contributed by atoms with Crippen molar-refractivity contribution in [1.82, 2.24) is 4.90 Å². The van der Waals surface area contributed by atoms with E-state index in [4.69, 9.17) is 23.2 Å². The van der Waals surface area contributed by atoms with Gasteiger partial charge in [-0.05, 0) is 90.5 Å². The van der Waals surface area contributed by atoms with Crippen molar-refractivity contribution in [3.63, 3.8) is 0 Å². The molecule has 156 valence electrons. The van der Waals surface area contributed by atoms with Crippen molar-refractivity contribution in [1.29, 1.82) is 0 Å². The molecular formula is C24H25Cl2N2PS. The van der Waals surface area contributed by atoms with E-state index >= 15 is 0 Å². The van der Waals surface area contributed by atoms with Crippen molar-refractivity contribution >= 4 is 49.4 Å². The van der Waals surface area contributed by atoms with Crippen LogP contribution >= 0.6 is 43.7 Å². The van der Waals surface area contributed by atoms with Gasteiger partial charge in [-0.15, -0.1) is 8.58 Å². The third kappa shape index (κ3) is 5.15. The summed E-state index contributed by atoms with van der Waals surface area (Å²) in [4.78, 5) is 3.51. The van der Waals surface area contributed by atoms with E-state index < -0.39 is 0 Å². The minimum Gasteiger partial charge on any atom is -0.326 e. The second-order valence-electron chi connectivity index (χ2n) is 7.71. The molecule has 1 N–H and O–H groups in total. The smallest absolute Gasteiger partial charge is 0.0468 e. The molecule has 6 heteroatoms. The highest BCUT2D eigenvalue weighted by molar-refractivity contribution is 8.00. The molecule has 0 fully saturated rings. The molecule has 0 saturated heterocycles. The predicted octanol–water partition coefficient (Wildman–Crippen LogP) is 7.50. The number of fused-ring (bicyclic) bond motifs is 1. The molecule has 2 atom stereocenters. The second-order valence-corrected chi connectivity index (χ2v) is 10.5. The molecule has 0 amide bonds. The maximum atomic E-state index is 6.50. The lowest BCUT2D eigenvalue weighted by atomic mass is 9.85. The molecule has 3 aromatic rings. The molecule has 1 aliphatic rings. The van der Waals surface area contributed by atoms with E-state index in [1.54, 1.807) is 11.9 Å². The molecule has 0 saturated carbocycles. The minimum absolute atomic E-state index is 0.272. The first kappa shape index (κ1) is 22.0. The summed E-state index contributed by atoms with van der Waals surface area (Å²) in [5.41, 5.74) is 6.24. The van der Waals surface area contributed by atoms with Crippen LogP contribution in [0.25, 0.3) is 0 Å². The van der Waals surface area contributed by atoms with Crippen molar-refractivity contribution in [3.8, 4) is 0 Å². The Balaban J connectivity index is 1.47. The Morgan fingerprint density at radius 3 is 2.50 bits per heavy atom. The first-order valence-electron chi connectivity index (χ1n) is 9.96. The molecule has 1 heterocycles. The molecule has 0 radical (unpaired) electrons. The lowest BCUT2D eigenvalue weighted by molar-refractivity contribution is 0.295. The van der Waals surface area contributed by atoms with Crippen molar-refractivity contribution in [3.05, 3.63) is 93.0 Å². The standard InChI is InChI=1S/C24H25Cl2N2PS/c1-28-13-22(21-11-18(25)12-24(26)23(21)14-28)17-5-9-20(10-6-17)30-27-19-7-3-16(4-8-19)15-29-2/h3-12,22,27,29H,13-15H2,1-2H3. The van der Waals surface area contributed by atoms with Gasteiger partial charge in [0.2, 0.25) is 0 Å². The summed E-state index contributed by atoms with van der Waals surface area (Å²) in [6, 6.07) is 21.4. The largest absolute Gasteiger partial charge is 0.326 e. The van der Waals surface area contributed by atoms with E-state index in [1.165, 1.54) is 27.1 Å². The monoisotopic (exact) mass is 474 g/mol. The zero-order chi connectivity index (χ0) is 21.1. The van der Waals surface area contributed by atoms with E-state index in [1.807, 2.05) is 6.07 Å². The fourth-order valence-corrected chi connectivity index (χ4v) is 5.77. The normalized spacial score (nSPS) is 16.7. The van der Waals surface area contributed by atoms with Crippen LogP contribution in [-0.2, 0) is 12.7 Å². The number of rotatable bonds is 6. The van der Waals surface area contributed by atoms with Crippen LogP contribution in [0.5, 0.6) is 0 Å². The predicted molar refractivity (Wildman–Crippen MR) is 135 cm³/mol. The fourth-order valence-electron chi connectivity index (χ4n) is 3.91. The number of halogens is 2. The summed E-state index contributed by atoms with van der Waals surface area (Å²) in [5, 5.41) is 1.46. The zero-order valence-corrected chi connectivity index (χ0v) is 20.4. The Labute approximate surface area is 195 Å². The lowest BCUT2D eigenvalue weighted by Gasteiger charge is -2.33. The molecule has 0 aromatic heterocycles. The quantitative estimate of drug-likeness (QED) is 0.294. The Morgan fingerprint density at radius 2 is 1.80 bits per heavy atom. The van der Waals surface area contributed by atoms with Gasteiger partial charge < -0.3 is 9.62 Å². The van der Waals surface area contributed by atoms with Gasteiger partial charge in [0.25, 0.3) is 0 Å². The minimum atomic E-state index is 0.272. The van der Waals surface area contributed by atoms with Gasteiger partial charge in [0, 0.05) is 39.6 Å². The van der Waals surface area contributed by atoms with Crippen LogP contribution in [-0.4, -0.2) is 25.2 Å². The number of likely N-dealkylation sites (N-methyl/N-ethyl adjacent to an activating group) is 1. The fraction of sp³-hybridized carbons (Fsp3) is 0.250. The average Bonchev–Trinajstić information content (AvgIpc) is 2.74. The summed E-state index contributed by atoms with van der Waals surface area (Å²) in [6.07, 6.45) is 1.16. The maximum absolute atomic E-state index is 6.50. The summed E-state index contributed by atoms with van der Waals surface area (Å²) >= 11 is 14.4. The summed E-state index contributed by atoms with van der Waals surface area (Å²) < 4.78 is 3.44. The third-order valence-electron chi connectivity index (χ3n) is 5.40. The molecule has 0 aliphatic carbocycles. The molecule has 2 unspecified atom stereocenters. The second kappa shape index (κ2) is 9.94. The van der Waals surface area contributed by atoms with Gasteiger partial charge in [0.05, 0.1) is 0 Å².